The van der Waals surface area contributed by atoms with Crippen LogP contribution in [0, 0.1) is 0 Å². The van der Waals surface area contributed by atoms with Gasteiger partial charge in [-0.1, -0.05) is 42.5 Å². The molecule has 0 spiro atoms. The Bertz CT molecular complexity index is 1500. The van der Waals surface area contributed by atoms with Gasteiger partial charge in [-0.25, -0.2) is 0 Å². The lowest BCUT2D eigenvalue weighted by atomic mass is 10.2. The maximum absolute atomic E-state index is 5.67. The fraction of sp³-hybridized carbons (Fsp3) is 0.303. The SMILES string of the molecule is S=C(NCc1ccc2c(c1)OCO2)Nc1nc(N2CCN(c3ccccc3)CC2)cc(N2CCN(c3ccccc3)CC2)n1. The van der Waals surface area contributed by atoms with Gasteiger partial charge in [0.15, 0.2) is 16.6 Å². The Morgan fingerprint density at radius 2 is 1.16 bits per heavy atom. The highest BCUT2D eigenvalue weighted by Crippen LogP contribution is 2.32. The van der Waals surface area contributed by atoms with Gasteiger partial charge in [-0.15, -0.1) is 0 Å². The van der Waals surface area contributed by atoms with Crippen LogP contribution in [0.25, 0.3) is 0 Å². The van der Waals surface area contributed by atoms with Crippen molar-refractivity contribution in [2.24, 2.45) is 0 Å². The minimum absolute atomic E-state index is 0.255. The zero-order chi connectivity index (χ0) is 29.7. The summed E-state index contributed by atoms with van der Waals surface area (Å²) in [6.07, 6.45) is 0. The molecule has 3 aliphatic heterocycles. The molecule has 2 fully saturated rings. The molecule has 44 heavy (non-hydrogen) atoms. The van der Waals surface area contributed by atoms with E-state index < -0.39 is 0 Å². The summed E-state index contributed by atoms with van der Waals surface area (Å²) in [6, 6.07) is 29.2. The van der Waals surface area contributed by atoms with Crippen LogP contribution in [0.4, 0.5) is 29.0 Å². The van der Waals surface area contributed by atoms with Crippen molar-refractivity contribution in [3.8, 4) is 11.5 Å². The van der Waals surface area contributed by atoms with Crippen molar-refractivity contribution in [1.82, 2.24) is 15.3 Å². The third kappa shape index (κ3) is 6.42. The predicted octanol–water partition coefficient (Wildman–Crippen LogP) is 4.35. The predicted molar refractivity (Wildman–Crippen MR) is 179 cm³/mol. The van der Waals surface area contributed by atoms with Gasteiger partial charge in [0.25, 0.3) is 0 Å². The fourth-order valence-corrected chi connectivity index (χ4v) is 6.01. The minimum Gasteiger partial charge on any atom is -0.454 e. The van der Waals surface area contributed by atoms with Crippen molar-refractivity contribution in [3.05, 3.63) is 90.5 Å². The van der Waals surface area contributed by atoms with Gasteiger partial charge < -0.3 is 39.7 Å². The van der Waals surface area contributed by atoms with Crippen molar-refractivity contribution in [1.29, 1.82) is 0 Å². The van der Waals surface area contributed by atoms with Crippen LogP contribution in [0.1, 0.15) is 5.56 Å². The molecular weight excluding hydrogens is 572 g/mol. The summed E-state index contributed by atoms with van der Waals surface area (Å²) >= 11 is 5.67. The maximum atomic E-state index is 5.67. The lowest BCUT2D eigenvalue weighted by Crippen LogP contribution is -2.48. The van der Waals surface area contributed by atoms with Gasteiger partial charge in [0.1, 0.15) is 11.6 Å². The molecule has 0 aliphatic carbocycles. The third-order valence-corrected chi connectivity index (χ3v) is 8.51. The van der Waals surface area contributed by atoms with Crippen LogP contribution >= 0.6 is 12.2 Å². The van der Waals surface area contributed by atoms with Gasteiger partial charge >= 0.3 is 0 Å². The van der Waals surface area contributed by atoms with Crippen LogP contribution in [0.5, 0.6) is 11.5 Å². The molecular formula is C33H36N8O2S. The van der Waals surface area contributed by atoms with Crippen LogP contribution in [0.3, 0.4) is 0 Å². The van der Waals surface area contributed by atoms with Crippen LogP contribution in [-0.2, 0) is 6.54 Å². The molecule has 2 N–H and O–H groups in total. The smallest absolute Gasteiger partial charge is 0.232 e. The molecule has 0 radical (unpaired) electrons. The highest BCUT2D eigenvalue weighted by molar-refractivity contribution is 7.80. The Balaban J connectivity index is 1.05. The van der Waals surface area contributed by atoms with Gasteiger partial charge in [0.05, 0.1) is 0 Å². The summed E-state index contributed by atoms with van der Waals surface area (Å²) in [4.78, 5) is 19.4. The average Bonchev–Trinajstić information content (AvgIpc) is 3.56. The average molecular weight is 609 g/mol. The number of anilines is 5. The summed E-state index contributed by atoms with van der Waals surface area (Å²) in [5.41, 5.74) is 3.56. The number of nitrogens with zero attached hydrogens (tertiary/aromatic N) is 6. The zero-order valence-corrected chi connectivity index (χ0v) is 25.4. The highest BCUT2D eigenvalue weighted by atomic mass is 32.1. The van der Waals surface area contributed by atoms with Crippen LogP contribution in [0.15, 0.2) is 84.9 Å². The number of benzene rings is 3. The number of piperazine rings is 2. The molecule has 10 nitrogen and oxygen atoms in total. The fourth-order valence-electron chi connectivity index (χ4n) is 5.85. The first-order valence-electron chi connectivity index (χ1n) is 15.1. The number of nitrogens with one attached hydrogen (secondary N) is 2. The Morgan fingerprint density at radius 1 is 0.636 bits per heavy atom. The number of rotatable bonds is 7. The van der Waals surface area contributed by atoms with Crippen LogP contribution < -0.4 is 39.7 Å². The van der Waals surface area contributed by atoms with Gasteiger partial charge in [0, 0.05) is 76.3 Å². The monoisotopic (exact) mass is 608 g/mol. The summed E-state index contributed by atoms with van der Waals surface area (Å²) in [6.45, 7) is 8.00. The topological polar surface area (TPSA) is 81.3 Å². The molecule has 0 saturated carbocycles. The van der Waals surface area contributed by atoms with E-state index in [1.807, 2.05) is 18.2 Å². The Morgan fingerprint density at radius 3 is 1.73 bits per heavy atom. The van der Waals surface area contributed by atoms with Crippen molar-refractivity contribution >= 4 is 46.3 Å². The summed E-state index contributed by atoms with van der Waals surface area (Å²) in [7, 11) is 0. The van der Waals surface area contributed by atoms with E-state index in [1.165, 1.54) is 11.4 Å². The standard InChI is InChI=1S/C33H36N8O2S/c44-33(34-23-25-11-12-28-29(21-25)43-24-42-28)37-32-35-30(40-17-13-38(14-18-40)26-7-3-1-4-8-26)22-31(36-32)41-19-15-39(16-20-41)27-9-5-2-6-10-27/h1-12,21-22H,13-20,23-24H2,(H2,34,35,36,37,44). The first kappa shape index (κ1) is 28.0. The number of hydrogen-bond acceptors (Lipinski definition) is 9. The lowest BCUT2D eigenvalue weighted by Gasteiger charge is -2.38. The molecule has 2 saturated heterocycles. The Hall–Kier alpha value is -4.77. The number of hydrogen-bond donors (Lipinski definition) is 2. The van der Waals surface area contributed by atoms with Gasteiger partial charge in [-0.2, -0.15) is 9.97 Å². The second-order valence-corrected chi connectivity index (χ2v) is 11.4. The van der Waals surface area contributed by atoms with E-state index in [9.17, 15) is 0 Å². The van der Waals surface area contributed by atoms with E-state index >= 15 is 0 Å². The Labute approximate surface area is 263 Å². The number of ether oxygens (including phenoxy) is 2. The molecule has 226 valence electrons. The molecule has 0 bridgehead atoms. The maximum Gasteiger partial charge on any atom is 0.232 e. The van der Waals surface area contributed by atoms with Crippen molar-refractivity contribution in [2.45, 2.75) is 6.54 Å². The Kier molecular flexibility index (Phi) is 8.18. The van der Waals surface area contributed by atoms with Crippen LogP contribution in [-0.4, -0.2) is 74.2 Å². The quantitative estimate of drug-likeness (QED) is 0.294. The largest absolute Gasteiger partial charge is 0.454 e. The summed E-state index contributed by atoms with van der Waals surface area (Å²) in [5, 5.41) is 7.01. The van der Waals surface area contributed by atoms with E-state index in [0.717, 1.165) is 81.1 Å². The molecule has 0 amide bonds. The summed E-state index contributed by atoms with van der Waals surface area (Å²) < 4.78 is 10.9. The van der Waals surface area contributed by atoms with E-state index in [1.54, 1.807) is 0 Å². The highest BCUT2D eigenvalue weighted by Gasteiger charge is 2.24. The molecule has 4 aromatic rings. The van der Waals surface area contributed by atoms with E-state index in [0.29, 0.717) is 17.6 Å². The summed E-state index contributed by atoms with van der Waals surface area (Å²) in [5.74, 6) is 3.84. The number of aromatic nitrogens is 2. The van der Waals surface area contributed by atoms with Gasteiger partial charge in [-0.05, 0) is 54.2 Å². The normalized spacial score (nSPS) is 16.2. The first-order chi connectivity index (χ1) is 21.7. The molecule has 4 heterocycles. The number of thiocarbonyl (C=S) groups is 1. The molecule has 1 aromatic heterocycles. The second-order valence-electron chi connectivity index (χ2n) is 11.0. The van der Waals surface area contributed by atoms with Crippen molar-refractivity contribution in [3.63, 3.8) is 0 Å². The molecule has 11 heteroatoms. The minimum atomic E-state index is 0.255. The van der Waals surface area contributed by atoms with Gasteiger partial charge in [0.2, 0.25) is 12.7 Å². The molecule has 3 aliphatic rings. The molecule has 0 unspecified atom stereocenters. The second kappa shape index (κ2) is 12.8. The van der Waals surface area contributed by atoms with Crippen molar-refractivity contribution < 1.29 is 9.47 Å². The zero-order valence-electron chi connectivity index (χ0n) is 24.6. The lowest BCUT2D eigenvalue weighted by molar-refractivity contribution is 0.174. The van der Waals surface area contributed by atoms with Crippen molar-refractivity contribution in [2.75, 3.05) is 84.1 Å². The number of para-hydroxylation sites is 2. The van der Waals surface area contributed by atoms with E-state index in [4.69, 9.17) is 31.7 Å². The molecule has 0 atom stereocenters. The molecule has 7 rings (SSSR count). The van der Waals surface area contributed by atoms with E-state index in [2.05, 4.69) is 97.0 Å². The first-order valence-corrected chi connectivity index (χ1v) is 15.5. The molecule has 3 aromatic carbocycles. The van der Waals surface area contributed by atoms with Crippen LogP contribution in [0.2, 0.25) is 0 Å². The third-order valence-electron chi connectivity index (χ3n) is 8.26. The van der Waals surface area contributed by atoms with E-state index in [-0.39, 0.29) is 6.79 Å². The number of fused-ring (bicyclic) bond motifs is 1. The van der Waals surface area contributed by atoms with Gasteiger partial charge in [-0.3, -0.25) is 0 Å².